The number of hydrogen-bond donors (Lipinski definition) is 0. The maximum absolute atomic E-state index is 2.44. The third-order valence-corrected chi connectivity index (χ3v) is 8.36. The van der Waals surface area contributed by atoms with E-state index in [-0.39, 0.29) is 0 Å². The zero-order chi connectivity index (χ0) is 26.2. The second kappa shape index (κ2) is 22.7. The van der Waals surface area contributed by atoms with Gasteiger partial charge in [-0.15, -0.1) is 0 Å². The molecule has 0 N–H and O–H groups in total. The van der Waals surface area contributed by atoms with Gasteiger partial charge in [-0.3, -0.25) is 0 Å². The van der Waals surface area contributed by atoms with Crippen molar-refractivity contribution in [2.45, 2.75) is 174 Å². The lowest BCUT2D eigenvalue weighted by atomic mass is 9.98. The van der Waals surface area contributed by atoms with E-state index in [2.05, 4.69) is 50.2 Å². The monoisotopic (exact) mass is 506 g/mol. The molecule has 0 spiro atoms. The molecule has 37 heavy (non-hydrogen) atoms. The van der Waals surface area contributed by atoms with Crippen molar-refractivity contribution < 1.29 is 0 Å². The lowest BCUT2D eigenvalue weighted by Gasteiger charge is -2.07. The van der Waals surface area contributed by atoms with Gasteiger partial charge >= 0.3 is 0 Å². The molecule has 0 amide bonds. The van der Waals surface area contributed by atoms with Gasteiger partial charge in [0.15, 0.2) is 0 Å². The number of unbranched alkanes of at least 4 members (excludes halogenated alkanes) is 21. The van der Waals surface area contributed by atoms with Crippen molar-refractivity contribution >= 4 is 10.8 Å². The molecule has 0 saturated heterocycles. The first-order valence-electron chi connectivity index (χ1n) is 16.8. The molecule has 0 aliphatic rings. The summed E-state index contributed by atoms with van der Waals surface area (Å²) < 4.78 is 0. The van der Waals surface area contributed by atoms with Crippen LogP contribution in [0.25, 0.3) is 10.8 Å². The molecular weight excluding hydrogens is 444 g/mol. The fourth-order valence-electron chi connectivity index (χ4n) is 5.82. The number of aryl methyl sites for hydroxylation is 2. The van der Waals surface area contributed by atoms with Crippen LogP contribution in [-0.4, -0.2) is 0 Å². The Morgan fingerprint density at radius 3 is 0.892 bits per heavy atom. The van der Waals surface area contributed by atoms with Crippen LogP contribution in [0.2, 0.25) is 0 Å². The van der Waals surface area contributed by atoms with Gasteiger partial charge in [0.2, 0.25) is 0 Å². The van der Waals surface area contributed by atoms with E-state index in [4.69, 9.17) is 0 Å². The first-order valence-corrected chi connectivity index (χ1v) is 16.8. The van der Waals surface area contributed by atoms with E-state index in [0.717, 1.165) is 0 Å². The van der Waals surface area contributed by atoms with Crippen LogP contribution in [0, 0.1) is 0 Å². The van der Waals surface area contributed by atoms with Crippen LogP contribution in [0.4, 0.5) is 0 Å². The van der Waals surface area contributed by atoms with Gasteiger partial charge in [0.25, 0.3) is 0 Å². The summed E-state index contributed by atoms with van der Waals surface area (Å²) in [6.07, 6.45) is 35.3. The Morgan fingerprint density at radius 2 is 0.595 bits per heavy atom. The van der Waals surface area contributed by atoms with Gasteiger partial charge in [-0.2, -0.15) is 0 Å². The summed E-state index contributed by atoms with van der Waals surface area (Å²) in [5, 5.41) is 2.86. The highest BCUT2D eigenvalue weighted by Crippen LogP contribution is 2.21. The topological polar surface area (TPSA) is 0 Å². The summed E-state index contributed by atoms with van der Waals surface area (Å²) in [6, 6.07) is 14.4. The van der Waals surface area contributed by atoms with Crippen LogP contribution < -0.4 is 0 Å². The number of fused-ring (bicyclic) bond motifs is 1. The molecule has 0 unspecified atom stereocenters. The molecule has 0 fully saturated rings. The lowest BCUT2D eigenvalue weighted by molar-refractivity contribution is 0.529. The normalized spacial score (nSPS) is 11.5. The molecule has 2 aromatic rings. The maximum atomic E-state index is 2.44. The molecule has 0 aliphatic carbocycles. The summed E-state index contributed by atoms with van der Waals surface area (Å²) >= 11 is 0. The van der Waals surface area contributed by atoms with Crippen molar-refractivity contribution in [1.82, 2.24) is 0 Å². The van der Waals surface area contributed by atoms with Gasteiger partial charge in [0.1, 0.15) is 0 Å². The number of hydrogen-bond acceptors (Lipinski definition) is 0. The summed E-state index contributed by atoms with van der Waals surface area (Å²) in [6.45, 7) is 4.60. The fourth-order valence-corrected chi connectivity index (χ4v) is 5.82. The molecule has 0 aliphatic heterocycles. The SMILES string of the molecule is CCCCCCCCCCCCCCCCCCc1ccc2cc(CCCCCCCCC)ccc2c1. The molecule has 0 atom stereocenters. The van der Waals surface area contributed by atoms with E-state index in [1.807, 2.05) is 0 Å². The molecule has 0 radical (unpaired) electrons. The molecule has 210 valence electrons. The second-order valence-electron chi connectivity index (χ2n) is 11.9. The van der Waals surface area contributed by atoms with E-state index in [9.17, 15) is 0 Å². The predicted octanol–water partition coefficient (Wildman–Crippen LogP) is 12.9. The van der Waals surface area contributed by atoms with Crippen LogP contribution in [0.15, 0.2) is 36.4 Å². The highest BCUT2D eigenvalue weighted by atomic mass is 14.1. The first-order chi connectivity index (χ1) is 18.3. The van der Waals surface area contributed by atoms with Crippen molar-refractivity contribution in [2.24, 2.45) is 0 Å². The molecule has 0 saturated carbocycles. The Bertz CT molecular complexity index is 773. The van der Waals surface area contributed by atoms with E-state index >= 15 is 0 Å². The highest BCUT2D eigenvalue weighted by Gasteiger charge is 2.01. The van der Waals surface area contributed by atoms with Crippen LogP contribution in [0.1, 0.15) is 173 Å². The van der Waals surface area contributed by atoms with Gasteiger partial charge in [0.05, 0.1) is 0 Å². The van der Waals surface area contributed by atoms with Gasteiger partial charge in [-0.1, -0.05) is 185 Å². The molecule has 2 rings (SSSR count). The van der Waals surface area contributed by atoms with Crippen molar-refractivity contribution in [3.63, 3.8) is 0 Å². The number of rotatable bonds is 25. The average molecular weight is 507 g/mol. The van der Waals surface area contributed by atoms with Crippen molar-refractivity contribution in [3.8, 4) is 0 Å². The third-order valence-electron chi connectivity index (χ3n) is 8.36. The van der Waals surface area contributed by atoms with Gasteiger partial charge in [-0.25, -0.2) is 0 Å². The van der Waals surface area contributed by atoms with E-state index in [0.29, 0.717) is 0 Å². The minimum Gasteiger partial charge on any atom is -0.0654 e. The van der Waals surface area contributed by atoms with E-state index in [1.54, 1.807) is 0 Å². The first kappa shape index (κ1) is 31.9. The second-order valence-corrected chi connectivity index (χ2v) is 11.9. The molecule has 0 bridgehead atoms. The molecule has 0 heterocycles. The summed E-state index contributed by atoms with van der Waals surface area (Å²) in [5.41, 5.74) is 3.05. The van der Waals surface area contributed by atoms with Crippen LogP contribution in [0.5, 0.6) is 0 Å². The Balaban J connectivity index is 1.45. The van der Waals surface area contributed by atoms with Crippen molar-refractivity contribution in [2.75, 3.05) is 0 Å². The minimum absolute atomic E-state index is 1.24. The van der Waals surface area contributed by atoms with E-state index in [1.165, 1.54) is 182 Å². The van der Waals surface area contributed by atoms with Gasteiger partial charge in [0, 0.05) is 0 Å². The van der Waals surface area contributed by atoms with Gasteiger partial charge in [-0.05, 0) is 47.6 Å². The quantitative estimate of drug-likeness (QED) is 0.117. The van der Waals surface area contributed by atoms with Crippen molar-refractivity contribution in [1.29, 1.82) is 0 Å². The van der Waals surface area contributed by atoms with Crippen LogP contribution >= 0.6 is 0 Å². The Morgan fingerprint density at radius 1 is 0.324 bits per heavy atom. The zero-order valence-electron chi connectivity index (χ0n) is 25.1. The third kappa shape index (κ3) is 16.3. The standard InChI is InChI=1S/C37H62/c1-3-5-7-9-11-12-13-14-15-16-17-18-19-21-23-25-27-35-29-31-36-32-34(28-30-37(36)33-35)26-24-22-20-10-8-6-4-2/h28-33H,3-27H2,1-2H3. The largest absolute Gasteiger partial charge is 0.0654 e. The fraction of sp³-hybridized carbons (Fsp3) is 0.730. The molecule has 0 aromatic heterocycles. The minimum atomic E-state index is 1.24. The Kier molecular flexibility index (Phi) is 19.5. The number of benzene rings is 2. The van der Waals surface area contributed by atoms with E-state index < -0.39 is 0 Å². The predicted molar refractivity (Wildman–Crippen MR) is 169 cm³/mol. The lowest BCUT2D eigenvalue weighted by Crippen LogP contribution is -1.89. The van der Waals surface area contributed by atoms with Crippen LogP contribution in [-0.2, 0) is 12.8 Å². The molecule has 2 aromatic carbocycles. The van der Waals surface area contributed by atoms with Crippen molar-refractivity contribution in [3.05, 3.63) is 47.5 Å². The maximum Gasteiger partial charge on any atom is -0.0181 e. The smallest absolute Gasteiger partial charge is 0.0181 e. The Labute approximate surface area is 232 Å². The summed E-state index contributed by atoms with van der Waals surface area (Å²) in [5.74, 6) is 0. The molecule has 0 nitrogen and oxygen atoms in total. The summed E-state index contributed by atoms with van der Waals surface area (Å²) in [4.78, 5) is 0. The molecule has 0 heteroatoms. The highest BCUT2D eigenvalue weighted by molar-refractivity contribution is 5.83. The zero-order valence-corrected chi connectivity index (χ0v) is 25.1. The Hall–Kier alpha value is -1.30. The average Bonchev–Trinajstić information content (AvgIpc) is 2.92. The summed E-state index contributed by atoms with van der Waals surface area (Å²) in [7, 11) is 0. The molecular formula is C37H62. The van der Waals surface area contributed by atoms with Gasteiger partial charge < -0.3 is 0 Å². The van der Waals surface area contributed by atoms with Crippen LogP contribution in [0.3, 0.4) is 0 Å².